The van der Waals surface area contributed by atoms with Crippen molar-refractivity contribution >= 4 is 23.1 Å². The second-order valence-electron chi connectivity index (χ2n) is 5.24. The van der Waals surface area contributed by atoms with Gasteiger partial charge < -0.3 is 10.6 Å². The molecule has 0 atom stereocenters. The van der Waals surface area contributed by atoms with Gasteiger partial charge in [-0.25, -0.2) is 4.98 Å². The second kappa shape index (κ2) is 6.75. The number of hydrogen-bond acceptors (Lipinski definition) is 3. The third-order valence-corrected chi connectivity index (χ3v) is 3.38. The first-order valence-corrected chi connectivity index (χ1v) is 7.37. The lowest BCUT2D eigenvalue weighted by Crippen LogP contribution is -2.12. The third-order valence-electron chi connectivity index (χ3n) is 3.38. The molecule has 0 aliphatic heterocycles. The molecule has 0 unspecified atom stereocenters. The van der Waals surface area contributed by atoms with Gasteiger partial charge in [0.1, 0.15) is 5.82 Å². The Morgan fingerprint density at radius 3 is 2.26 bits per heavy atom. The topological polar surface area (TPSA) is 54.0 Å². The van der Waals surface area contributed by atoms with Crippen LogP contribution in [0.2, 0.25) is 0 Å². The molecule has 114 valence electrons. The van der Waals surface area contributed by atoms with Crippen LogP contribution in [0.25, 0.3) is 0 Å². The van der Waals surface area contributed by atoms with E-state index in [1.807, 2.05) is 73.7 Å². The van der Waals surface area contributed by atoms with Crippen molar-refractivity contribution in [1.29, 1.82) is 0 Å². The maximum atomic E-state index is 12.1. The van der Waals surface area contributed by atoms with E-state index in [0.717, 1.165) is 17.1 Å². The monoisotopic (exact) mass is 303 g/mol. The van der Waals surface area contributed by atoms with Crippen molar-refractivity contribution < 1.29 is 4.79 Å². The van der Waals surface area contributed by atoms with Crippen molar-refractivity contribution in [2.24, 2.45) is 0 Å². The van der Waals surface area contributed by atoms with Gasteiger partial charge in [-0.15, -0.1) is 0 Å². The molecular weight excluding hydrogens is 286 g/mol. The van der Waals surface area contributed by atoms with Crippen molar-refractivity contribution in [2.75, 3.05) is 10.6 Å². The number of anilines is 3. The lowest BCUT2D eigenvalue weighted by atomic mass is 10.1. The number of nitrogens with one attached hydrogen (secondary N) is 2. The van der Waals surface area contributed by atoms with Crippen LogP contribution in [-0.2, 0) is 0 Å². The molecule has 23 heavy (non-hydrogen) atoms. The lowest BCUT2D eigenvalue weighted by Gasteiger charge is -2.08. The summed E-state index contributed by atoms with van der Waals surface area (Å²) in [5.74, 6) is 0.583. The highest BCUT2D eigenvalue weighted by atomic mass is 16.1. The molecule has 0 fully saturated rings. The highest BCUT2D eigenvalue weighted by Crippen LogP contribution is 2.16. The molecule has 2 aromatic carbocycles. The Morgan fingerprint density at radius 2 is 1.61 bits per heavy atom. The molecule has 0 radical (unpaired) electrons. The van der Waals surface area contributed by atoms with Gasteiger partial charge in [0.25, 0.3) is 5.91 Å². The van der Waals surface area contributed by atoms with Gasteiger partial charge >= 0.3 is 0 Å². The summed E-state index contributed by atoms with van der Waals surface area (Å²) in [6, 6.07) is 20.9. The van der Waals surface area contributed by atoms with E-state index in [2.05, 4.69) is 15.6 Å². The maximum absolute atomic E-state index is 12.1. The largest absolute Gasteiger partial charge is 0.340 e. The van der Waals surface area contributed by atoms with E-state index in [0.29, 0.717) is 11.3 Å². The van der Waals surface area contributed by atoms with E-state index in [-0.39, 0.29) is 5.91 Å². The van der Waals surface area contributed by atoms with Gasteiger partial charge in [0.05, 0.1) is 11.9 Å². The number of nitrogens with zero attached hydrogens (tertiary/aromatic N) is 1. The number of pyridine rings is 1. The number of para-hydroxylation sites is 1. The van der Waals surface area contributed by atoms with Gasteiger partial charge in [-0.3, -0.25) is 4.79 Å². The van der Waals surface area contributed by atoms with Crippen LogP contribution in [-0.4, -0.2) is 10.9 Å². The van der Waals surface area contributed by atoms with E-state index in [1.54, 1.807) is 6.20 Å². The molecule has 4 nitrogen and oxygen atoms in total. The average Bonchev–Trinajstić information content (AvgIpc) is 2.58. The van der Waals surface area contributed by atoms with Gasteiger partial charge in [-0.2, -0.15) is 0 Å². The molecule has 0 bridgehead atoms. The average molecular weight is 303 g/mol. The Kier molecular flexibility index (Phi) is 4.34. The van der Waals surface area contributed by atoms with Crippen LogP contribution >= 0.6 is 0 Å². The van der Waals surface area contributed by atoms with Gasteiger partial charge in [0.2, 0.25) is 0 Å². The molecule has 1 aromatic heterocycles. The molecule has 3 aromatic rings. The predicted molar refractivity (Wildman–Crippen MR) is 93.1 cm³/mol. The number of carbonyl (C=O) groups is 1. The second-order valence-corrected chi connectivity index (χ2v) is 5.24. The quantitative estimate of drug-likeness (QED) is 0.751. The summed E-state index contributed by atoms with van der Waals surface area (Å²) in [6.45, 7) is 1.99. The van der Waals surface area contributed by atoms with Crippen LogP contribution in [0.3, 0.4) is 0 Å². The van der Waals surface area contributed by atoms with Crippen molar-refractivity contribution in [3.05, 3.63) is 84.1 Å². The molecule has 0 aliphatic carbocycles. The van der Waals surface area contributed by atoms with Crippen LogP contribution in [0.4, 0.5) is 17.2 Å². The fourth-order valence-corrected chi connectivity index (χ4v) is 2.12. The zero-order chi connectivity index (χ0) is 16.1. The molecule has 2 N–H and O–H groups in total. The molecule has 0 saturated heterocycles. The fourth-order valence-electron chi connectivity index (χ4n) is 2.12. The van der Waals surface area contributed by atoms with Gasteiger partial charge in [0.15, 0.2) is 0 Å². The summed E-state index contributed by atoms with van der Waals surface area (Å²) in [6.07, 6.45) is 1.64. The normalized spacial score (nSPS) is 10.1. The predicted octanol–water partition coefficient (Wildman–Crippen LogP) is 4.39. The number of rotatable bonds is 4. The Labute approximate surface area is 135 Å². The minimum absolute atomic E-state index is 0.143. The number of amides is 1. The van der Waals surface area contributed by atoms with Gasteiger partial charge in [0, 0.05) is 11.3 Å². The number of benzene rings is 2. The van der Waals surface area contributed by atoms with E-state index in [1.165, 1.54) is 0 Å². The summed E-state index contributed by atoms with van der Waals surface area (Å²) < 4.78 is 0. The van der Waals surface area contributed by atoms with Crippen LogP contribution in [0.5, 0.6) is 0 Å². The third kappa shape index (κ3) is 3.95. The molecule has 1 amide bonds. The first kappa shape index (κ1) is 14.8. The first-order valence-electron chi connectivity index (χ1n) is 7.37. The number of aromatic nitrogens is 1. The van der Waals surface area contributed by atoms with Crippen molar-refractivity contribution in [2.45, 2.75) is 6.92 Å². The SMILES string of the molecule is Cc1ccc(C(=O)Nc2ccc(Nc3ccccc3)nc2)cc1. The number of aryl methyl sites for hydroxylation is 1. The van der Waals surface area contributed by atoms with E-state index >= 15 is 0 Å². The van der Waals surface area contributed by atoms with Gasteiger partial charge in [-0.05, 0) is 43.3 Å². The standard InChI is InChI=1S/C19H17N3O/c1-14-7-9-15(10-8-14)19(23)22-17-11-12-18(20-13-17)21-16-5-3-2-4-6-16/h2-13H,1H3,(H,20,21)(H,22,23). The zero-order valence-corrected chi connectivity index (χ0v) is 12.8. The molecule has 4 heteroatoms. The summed E-state index contributed by atoms with van der Waals surface area (Å²) in [7, 11) is 0. The molecule has 0 aliphatic rings. The highest BCUT2D eigenvalue weighted by molar-refractivity contribution is 6.04. The van der Waals surface area contributed by atoms with Crippen LogP contribution in [0, 0.1) is 6.92 Å². The number of carbonyl (C=O) groups excluding carboxylic acids is 1. The summed E-state index contributed by atoms with van der Waals surface area (Å²) in [5.41, 5.74) is 3.38. The Morgan fingerprint density at radius 1 is 0.870 bits per heavy atom. The summed E-state index contributed by atoms with van der Waals surface area (Å²) >= 11 is 0. The highest BCUT2D eigenvalue weighted by Gasteiger charge is 2.06. The lowest BCUT2D eigenvalue weighted by molar-refractivity contribution is 0.102. The van der Waals surface area contributed by atoms with Crippen LogP contribution in [0.1, 0.15) is 15.9 Å². The Balaban J connectivity index is 1.65. The fraction of sp³-hybridized carbons (Fsp3) is 0.0526. The smallest absolute Gasteiger partial charge is 0.255 e. The number of hydrogen-bond donors (Lipinski definition) is 2. The van der Waals surface area contributed by atoms with E-state index in [4.69, 9.17) is 0 Å². The van der Waals surface area contributed by atoms with E-state index < -0.39 is 0 Å². The van der Waals surface area contributed by atoms with E-state index in [9.17, 15) is 4.79 Å². The Bertz CT molecular complexity index is 781. The molecule has 0 saturated carbocycles. The summed E-state index contributed by atoms with van der Waals surface area (Å²) in [4.78, 5) is 16.5. The zero-order valence-electron chi connectivity index (χ0n) is 12.8. The van der Waals surface area contributed by atoms with Crippen LogP contribution < -0.4 is 10.6 Å². The van der Waals surface area contributed by atoms with Crippen molar-refractivity contribution in [1.82, 2.24) is 4.98 Å². The van der Waals surface area contributed by atoms with Crippen LogP contribution in [0.15, 0.2) is 72.9 Å². The maximum Gasteiger partial charge on any atom is 0.255 e. The van der Waals surface area contributed by atoms with Crippen molar-refractivity contribution in [3.63, 3.8) is 0 Å². The van der Waals surface area contributed by atoms with Gasteiger partial charge in [-0.1, -0.05) is 35.9 Å². The minimum Gasteiger partial charge on any atom is -0.340 e. The molecule has 0 spiro atoms. The molecule has 1 heterocycles. The summed E-state index contributed by atoms with van der Waals surface area (Å²) in [5, 5.41) is 6.04. The first-order chi connectivity index (χ1) is 11.2. The molecule has 3 rings (SSSR count). The minimum atomic E-state index is -0.143. The molecular formula is C19H17N3O. The van der Waals surface area contributed by atoms with Crippen molar-refractivity contribution in [3.8, 4) is 0 Å². The Hall–Kier alpha value is -3.14.